The molecule has 2 heterocycles. The maximum absolute atomic E-state index is 11.0. The number of nitrogens with one attached hydrogen (secondary N) is 2. The monoisotopic (exact) mass is 380 g/mol. The van der Waals surface area contributed by atoms with Gasteiger partial charge in [-0.1, -0.05) is 0 Å². The highest BCUT2D eigenvalue weighted by Crippen LogP contribution is 2.28. The van der Waals surface area contributed by atoms with Crippen LogP contribution in [0.3, 0.4) is 0 Å². The summed E-state index contributed by atoms with van der Waals surface area (Å²) in [5.74, 6) is 0.300. The van der Waals surface area contributed by atoms with Crippen molar-refractivity contribution in [2.24, 2.45) is 0 Å². The van der Waals surface area contributed by atoms with Gasteiger partial charge in [0.2, 0.25) is 12.2 Å². The van der Waals surface area contributed by atoms with Crippen molar-refractivity contribution in [2.75, 3.05) is 13.2 Å². The second-order valence-corrected chi connectivity index (χ2v) is 6.57. The number of aliphatic hydroxyl groups is 4. The van der Waals surface area contributed by atoms with Crippen LogP contribution in [0.4, 0.5) is 0 Å². The Hall–Kier alpha value is -2.17. The van der Waals surface area contributed by atoms with Crippen molar-refractivity contribution in [1.29, 1.82) is 0 Å². The standard InChI is InChI=1S/C18H24N2O7/c1-9(22)19-5-4-10-7-20-13-3-2-11(6-12(10)13)26-18-17(25)16(24)15(23)14(8-21)27-18/h2-3,6-7,14-18,20-21,23-25H,4-5,8H2,1H3,(H,19,22)/t14-,15-,16+,17-,18+/m1/s1. The second-order valence-electron chi connectivity index (χ2n) is 6.57. The van der Waals surface area contributed by atoms with Gasteiger partial charge in [-0.05, 0) is 30.2 Å². The van der Waals surface area contributed by atoms with Gasteiger partial charge in [-0.25, -0.2) is 0 Å². The minimum Gasteiger partial charge on any atom is -0.462 e. The number of benzene rings is 1. The Morgan fingerprint density at radius 2 is 2.04 bits per heavy atom. The number of H-pyrrole nitrogens is 1. The average Bonchev–Trinajstić information content (AvgIpc) is 3.04. The summed E-state index contributed by atoms with van der Waals surface area (Å²) in [6.07, 6.45) is -4.18. The Labute approximate surface area is 155 Å². The van der Waals surface area contributed by atoms with Crippen molar-refractivity contribution in [3.8, 4) is 5.75 Å². The smallest absolute Gasteiger partial charge is 0.229 e. The molecule has 0 saturated carbocycles. The Bertz CT molecular complexity index is 791. The van der Waals surface area contributed by atoms with Gasteiger partial charge in [0.25, 0.3) is 0 Å². The number of rotatable bonds is 6. The van der Waals surface area contributed by atoms with Crippen molar-refractivity contribution in [3.63, 3.8) is 0 Å². The minimum absolute atomic E-state index is 0.0959. The molecule has 0 aliphatic carbocycles. The molecule has 0 bridgehead atoms. The van der Waals surface area contributed by atoms with Gasteiger partial charge < -0.3 is 40.2 Å². The van der Waals surface area contributed by atoms with Crippen LogP contribution in [0.1, 0.15) is 12.5 Å². The fraction of sp³-hybridized carbons (Fsp3) is 0.500. The van der Waals surface area contributed by atoms with Crippen LogP contribution >= 0.6 is 0 Å². The van der Waals surface area contributed by atoms with Crippen molar-refractivity contribution in [1.82, 2.24) is 10.3 Å². The van der Waals surface area contributed by atoms with Crippen LogP contribution in [0, 0.1) is 0 Å². The fourth-order valence-electron chi connectivity index (χ4n) is 3.11. The molecule has 0 spiro atoms. The summed E-state index contributed by atoms with van der Waals surface area (Å²) >= 11 is 0. The summed E-state index contributed by atoms with van der Waals surface area (Å²) in [5, 5.41) is 42.7. The quantitative estimate of drug-likeness (QED) is 0.378. The first kappa shape index (κ1) is 19.6. The van der Waals surface area contributed by atoms with Gasteiger partial charge in [-0.2, -0.15) is 0 Å². The molecule has 1 fully saturated rings. The highest BCUT2D eigenvalue weighted by molar-refractivity contribution is 5.84. The molecule has 1 aromatic heterocycles. The molecule has 27 heavy (non-hydrogen) atoms. The summed E-state index contributed by atoms with van der Waals surface area (Å²) in [6, 6.07) is 5.24. The number of fused-ring (bicyclic) bond motifs is 1. The molecule has 1 amide bonds. The Kier molecular flexibility index (Phi) is 5.98. The molecule has 6 N–H and O–H groups in total. The zero-order valence-electron chi connectivity index (χ0n) is 14.8. The number of hydrogen-bond donors (Lipinski definition) is 6. The summed E-state index contributed by atoms with van der Waals surface area (Å²) in [4.78, 5) is 14.2. The molecule has 1 aromatic carbocycles. The molecule has 1 saturated heterocycles. The van der Waals surface area contributed by atoms with Crippen LogP contribution in [0.15, 0.2) is 24.4 Å². The maximum Gasteiger partial charge on any atom is 0.229 e. The SMILES string of the molecule is CC(=O)NCCc1c[nH]c2ccc(O[C@H]3O[C@H](CO)[C@@H](O)[C@H](O)[C@H]3O)cc12. The van der Waals surface area contributed by atoms with Gasteiger partial charge in [-0.15, -0.1) is 0 Å². The van der Waals surface area contributed by atoms with E-state index in [1.807, 2.05) is 6.20 Å². The van der Waals surface area contributed by atoms with Crippen LogP contribution in [-0.4, -0.2) is 75.2 Å². The number of carbonyl (C=O) groups excluding carboxylic acids is 1. The van der Waals surface area contributed by atoms with E-state index in [0.29, 0.717) is 18.7 Å². The molecule has 9 nitrogen and oxygen atoms in total. The third-order valence-electron chi connectivity index (χ3n) is 4.61. The summed E-state index contributed by atoms with van der Waals surface area (Å²) in [6.45, 7) is 1.44. The van der Waals surface area contributed by atoms with E-state index >= 15 is 0 Å². The first-order chi connectivity index (χ1) is 12.9. The van der Waals surface area contributed by atoms with E-state index in [1.165, 1.54) is 6.92 Å². The topological polar surface area (TPSA) is 144 Å². The Morgan fingerprint density at radius 1 is 1.26 bits per heavy atom. The minimum atomic E-state index is -1.50. The number of aromatic amines is 1. The van der Waals surface area contributed by atoms with Crippen LogP contribution in [0.2, 0.25) is 0 Å². The van der Waals surface area contributed by atoms with Crippen molar-refractivity contribution >= 4 is 16.8 Å². The van der Waals surface area contributed by atoms with E-state index in [1.54, 1.807) is 18.2 Å². The zero-order valence-corrected chi connectivity index (χ0v) is 14.8. The molecule has 148 valence electrons. The predicted molar refractivity (Wildman–Crippen MR) is 95.1 cm³/mol. The molecule has 1 aliphatic heterocycles. The number of hydrogen-bond acceptors (Lipinski definition) is 7. The van der Waals surface area contributed by atoms with Gasteiger partial charge in [0.15, 0.2) is 0 Å². The van der Waals surface area contributed by atoms with E-state index in [0.717, 1.165) is 16.5 Å². The number of amides is 1. The highest BCUT2D eigenvalue weighted by Gasteiger charge is 2.44. The number of ether oxygens (including phenoxy) is 2. The second kappa shape index (κ2) is 8.24. The van der Waals surface area contributed by atoms with Gasteiger partial charge >= 0.3 is 0 Å². The predicted octanol–water partition coefficient (Wildman–Crippen LogP) is -0.975. The number of carbonyl (C=O) groups is 1. The van der Waals surface area contributed by atoms with Gasteiger partial charge in [-0.3, -0.25) is 4.79 Å². The van der Waals surface area contributed by atoms with Crippen molar-refractivity contribution < 1.29 is 34.7 Å². The largest absolute Gasteiger partial charge is 0.462 e. The molecule has 3 rings (SSSR count). The van der Waals surface area contributed by atoms with Gasteiger partial charge in [0, 0.05) is 30.6 Å². The zero-order chi connectivity index (χ0) is 19.6. The highest BCUT2D eigenvalue weighted by atomic mass is 16.7. The first-order valence-electron chi connectivity index (χ1n) is 8.72. The fourth-order valence-corrected chi connectivity index (χ4v) is 3.11. The average molecular weight is 380 g/mol. The summed E-state index contributed by atoms with van der Waals surface area (Å²) in [5.41, 5.74) is 1.87. The van der Waals surface area contributed by atoms with Crippen LogP contribution in [0.5, 0.6) is 5.75 Å². The molecule has 0 unspecified atom stereocenters. The third kappa shape index (κ3) is 4.23. The number of aliphatic hydroxyl groups excluding tert-OH is 4. The van der Waals surface area contributed by atoms with E-state index in [9.17, 15) is 25.2 Å². The first-order valence-corrected chi connectivity index (χ1v) is 8.72. The molecule has 1 aliphatic rings. The molecular formula is C18H24N2O7. The summed E-state index contributed by atoms with van der Waals surface area (Å²) in [7, 11) is 0. The molecule has 0 radical (unpaired) electrons. The molecule has 2 aromatic rings. The third-order valence-corrected chi connectivity index (χ3v) is 4.61. The lowest BCUT2D eigenvalue weighted by Gasteiger charge is -2.39. The van der Waals surface area contributed by atoms with Crippen molar-refractivity contribution in [3.05, 3.63) is 30.0 Å². The Balaban J connectivity index is 1.75. The van der Waals surface area contributed by atoms with Crippen LogP contribution in [0.25, 0.3) is 10.9 Å². The molecule has 9 heteroatoms. The normalized spacial score (nSPS) is 28.3. The lowest BCUT2D eigenvalue weighted by Crippen LogP contribution is -2.60. The van der Waals surface area contributed by atoms with Crippen LogP contribution in [-0.2, 0) is 16.0 Å². The van der Waals surface area contributed by atoms with Gasteiger partial charge in [0.1, 0.15) is 30.2 Å². The van der Waals surface area contributed by atoms with Gasteiger partial charge in [0.05, 0.1) is 6.61 Å². The van der Waals surface area contributed by atoms with Crippen molar-refractivity contribution in [2.45, 2.75) is 44.1 Å². The number of aromatic nitrogens is 1. The summed E-state index contributed by atoms with van der Waals surface area (Å²) < 4.78 is 11.0. The molecule has 5 atom stereocenters. The van der Waals surface area contributed by atoms with E-state index in [4.69, 9.17) is 9.47 Å². The maximum atomic E-state index is 11.0. The van der Waals surface area contributed by atoms with E-state index in [2.05, 4.69) is 10.3 Å². The Morgan fingerprint density at radius 3 is 2.74 bits per heavy atom. The lowest BCUT2D eigenvalue weighted by molar-refractivity contribution is -0.277. The van der Waals surface area contributed by atoms with Crippen LogP contribution < -0.4 is 10.1 Å². The van der Waals surface area contributed by atoms with E-state index < -0.39 is 37.3 Å². The lowest BCUT2D eigenvalue weighted by atomic mass is 9.99. The van der Waals surface area contributed by atoms with E-state index in [-0.39, 0.29) is 5.91 Å². The molecular weight excluding hydrogens is 356 g/mol.